The molecule has 12 heavy (non-hydrogen) atoms. The van der Waals surface area contributed by atoms with Gasteiger partial charge < -0.3 is 0 Å². The highest BCUT2D eigenvalue weighted by Crippen LogP contribution is 2.31. The Bertz CT molecular complexity index is 123. The van der Waals surface area contributed by atoms with Crippen LogP contribution in [0.3, 0.4) is 0 Å². The first-order chi connectivity index (χ1) is 5.42. The lowest BCUT2D eigenvalue weighted by molar-refractivity contribution is -0.172. The van der Waals surface area contributed by atoms with Crippen LogP contribution in [0.5, 0.6) is 0 Å². The molecule has 1 atom stereocenters. The summed E-state index contributed by atoms with van der Waals surface area (Å²) in [4.78, 5) is 0. The first kappa shape index (κ1) is 11.6. The van der Waals surface area contributed by atoms with Crippen molar-refractivity contribution in [3.8, 4) is 0 Å². The largest absolute Gasteiger partial charge is 0.337 e. The average molecular weight is 190 g/mol. The van der Waals surface area contributed by atoms with Gasteiger partial charge in [0, 0.05) is 0 Å². The standard InChI is InChI=1S/C7H11F5/c1-2-3-4-5(8)7(11,12)6(9)10/h5-6H,2-4H2,1H3/t5-/m0/s1. The van der Waals surface area contributed by atoms with E-state index in [1.807, 2.05) is 0 Å². The molecule has 0 aliphatic rings. The zero-order chi connectivity index (χ0) is 9.78. The summed E-state index contributed by atoms with van der Waals surface area (Å²) in [5, 5.41) is 0. The minimum atomic E-state index is -4.49. The maximum Gasteiger partial charge on any atom is 0.337 e. The van der Waals surface area contributed by atoms with Gasteiger partial charge in [0.1, 0.15) is 0 Å². The highest BCUT2D eigenvalue weighted by atomic mass is 19.3. The van der Waals surface area contributed by atoms with Crippen molar-refractivity contribution >= 4 is 0 Å². The number of unbranched alkanes of at least 4 members (excludes halogenated alkanes) is 1. The Morgan fingerprint density at radius 1 is 1.17 bits per heavy atom. The van der Waals surface area contributed by atoms with Crippen molar-refractivity contribution in [2.75, 3.05) is 0 Å². The molecule has 0 radical (unpaired) electrons. The number of halogens is 5. The summed E-state index contributed by atoms with van der Waals surface area (Å²) in [6, 6.07) is 0. The lowest BCUT2D eigenvalue weighted by Crippen LogP contribution is -2.37. The molecule has 0 bridgehead atoms. The highest BCUT2D eigenvalue weighted by Gasteiger charge is 2.48. The Morgan fingerprint density at radius 2 is 1.67 bits per heavy atom. The van der Waals surface area contributed by atoms with Crippen LogP contribution in [-0.2, 0) is 0 Å². The first-order valence-corrected chi connectivity index (χ1v) is 3.73. The Balaban J connectivity index is 3.97. The fourth-order valence-corrected chi connectivity index (χ4v) is 0.712. The van der Waals surface area contributed by atoms with Crippen LogP contribution in [-0.4, -0.2) is 18.5 Å². The second kappa shape index (κ2) is 4.62. The second-order valence-corrected chi connectivity index (χ2v) is 2.58. The zero-order valence-corrected chi connectivity index (χ0v) is 6.67. The predicted molar refractivity (Wildman–Crippen MR) is 35.4 cm³/mol. The molecule has 0 aromatic heterocycles. The molecule has 0 amide bonds. The highest BCUT2D eigenvalue weighted by molar-refractivity contribution is 4.79. The van der Waals surface area contributed by atoms with E-state index in [1.54, 1.807) is 6.92 Å². The lowest BCUT2D eigenvalue weighted by atomic mass is 10.1. The molecule has 0 spiro atoms. The van der Waals surface area contributed by atoms with E-state index in [1.165, 1.54) is 0 Å². The third-order valence-corrected chi connectivity index (χ3v) is 1.52. The molecule has 74 valence electrons. The zero-order valence-electron chi connectivity index (χ0n) is 6.67. The molecule has 0 fully saturated rings. The molecule has 5 heteroatoms. The third-order valence-electron chi connectivity index (χ3n) is 1.52. The first-order valence-electron chi connectivity index (χ1n) is 3.73. The Hall–Kier alpha value is -0.350. The van der Waals surface area contributed by atoms with Gasteiger partial charge in [-0.1, -0.05) is 19.8 Å². The minimum absolute atomic E-state index is 0.198. The summed E-state index contributed by atoms with van der Waals surface area (Å²) in [7, 11) is 0. The van der Waals surface area contributed by atoms with E-state index < -0.39 is 24.9 Å². The van der Waals surface area contributed by atoms with Crippen LogP contribution in [0.2, 0.25) is 0 Å². The van der Waals surface area contributed by atoms with E-state index in [4.69, 9.17) is 0 Å². The van der Waals surface area contributed by atoms with Gasteiger partial charge in [0.05, 0.1) is 0 Å². The molecule has 0 heterocycles. The van der Waals surface area contributed by atoms with Gasteiger partial charge >= 0.3 is 12.3 Å². The summed E-state index contributed by atoms with van der Waals surface area (Å²) < 4.78 is 59.7. The fraction of sp³-hybridized carbons (Fsp3) is 1.00. The second-order valence-electron chi connectivity index (χ2n) is 2.58. The van der Waals surface area contributed by atoms with Gasteiger partial charge in [-0.25, -0.2) is 13.2 Å². The molecule has 0 saturated carbocycles. The third kappa shape index (κ3) is 2.95. The van der Waals surface area contributed by atoms with Gasteiger partial charge in [-0.2, -0.15) is 8.78 Å². The number of rotatable bonds is 5. The Kier molecular flexibility index (Phi) is 4.49. The van der Waals surface area contributed by atoms with Crippen molar-refractivity contribution < 1.29 is 22.0 Å². The van der Waals surface area contributed by atoms with E-state index in [0.29, 0.717) is 6.42 Å². The van der Waals surface area contributed by atoms with Crippen molar-refractivity contribution in [1.82, 2.24) is 0 Å². The number of alkyl halides is 5. The molecule has 0 aliphatic carbocycles. The van der Waals surface area contributed by atoms with Gasteiger partial charge in [-0.3, -0.25) is 0 Å². The van der Waals surface area contributed by atoms with Crippen LogP contribution in [0.4, 0.5) is 22.0 Å². The van der Waals surface area contributed by atoms with Crippen molar-refractivity contribution in [3.05, 3.63) is 0 Å². The van der Waals surface area contributed by atoms with Crippen molar-refractivity contribution in [2.24, 2.45) is 0 Å². The van der Waals surface area contributed by atoms with Crippen LogP contribution >= 0.6 is 0 Å². The molecule has 0 saturated heterocycles. The van der Waals surface area contributed by atoms with E-state index in [-0.39, 0.29) is 6.42 Å². The van der Waals surface area contributed by atoms with E-state index in [9.17, 15) is 22.0 Å². The van der Waals surface area contributed by atoms with Gasteiger partial charge in [-0.05, 0) is 6.42 Å². The fourth-order valence-electron chi connectivity index (χ4n) is 0.712. The molecule has 0 rings (SSSR count). The van der Waals surface area contributed by atoms with E-state index in [2.05, 4.69) is 0 Å². The van der Waals surface area contributed by atoms with E-state index >= 15 is 0 Å². The smallest absolute Gasteiger partial charge is 0.241 e. The minimum Gasteiger partial charge on any atom is -0.241 e. The van der Waals surface area contributed by atoms with Crippen molar-refractivity contribution in [2.45, 2.75) is 44.7 Å². The molecule has 0 aromatic carbocycles. The number of hydrogen-bond donors (Lipinski definition) is 0. The average Bonchev–Trinajstić information content (AvgIpc) is 1.99. The topological polar surface area (TPSA) is 0 Å². The molecule has 0 aliphatic heterocycles. The van der Waals surface area contributed by atoms with Gasteiger partial charge in [0.25, 0.3) is 0 Å². The monoisotopic (exact) mass is 190 g/mol. The molecular formula is C7H11F5. The van der Waals surface area contributed by atoms with Crippen LogP contribution in [0.15, 0.2) is 0 Å². The lowest BCUT2D eigenvalue weighted by Gasteiger charge is -2.19. The SMILES string of the molecule is CCCC[C@H](F)C(F)(F)C(F)F. The van der Waals surface area contributed by atoms with Crippen molar-refractivity contribution in [3.63, 3.8) is 0 Å². The van der Waals surface area contributed by atoms with Crippen LogP contribution in [0.25, 0.3) is 0 Å². The van der Waals surface area contributed by atoms with Gasteiger partial charge in [0.2, 0.25) is 0 Å². The molecule has 0 aromatic rings. The van der Waals surface area contributed by atoms with Gasteiger partial charge in [-0.15, -0.1) is 0 Å². The normalized spacial score (nSPS) is 15.2. The summed E-state index contributed by atoms with van der Waals surface area (Å²) in [6.45, 7) is 1.67. The summed E-state index contributed by atoms with van der Waals surface area (Å²) in [5.74, 6) is -4.49. The number of hydrogen-bond acceptors (Lipinski definition) is 0. The summed E-state index contributed by atoms with van der Waals surface area (Å²) in [6.07, 6.45) is -6.43. The summed E-state index contributed by atoms with van der Waals surface area (Å²) >= 11 is 0. The van der Waals surface area contributed by atoms with Crippen molar-refractivity contribution in [1.29, 1.82) is 0 Å². The maximum atomic E-state index is 12.4. The Morgan fingerprint density at radius 3 is 2.00 bits per heavy atom. The van der Waals surface area contributed by atoms with E-state index in [0.717, 1.165) is 0 Å². The van der Waals surface area contributed by atoms with Crippen LogP contribution in [0, 0.1) is 0 Å². The molecule has 0 unspecified atom stereocenters. The van der Waals surface area contributed by atoms with Crippen LogP contribution in [0.1, 0.15) is 26.2 Å². The maximum absolute atomic E-state index is 12.4. The Labute approximate surface area is 67.8 Å². The van der Waals surface area contributed by atoms with Gasteiger partial charge in [0.15, 0.2) is 6.17 Å². The predicted octanol–water partition coefficient (Wildman–Crippen LogP) is 3.42. The quantitative estimate of drug-likeness (QED) is 0.582. The summed E-state index contributed by atoms with van der Waals surface area (Å²) in [5.41, 5.74) is 0. The molecule has 0 N–H and O–H groups in total. The molecular weight excluding hydrogens is 179 g/mol. The molecule has 0 nitrogen and oxygen atoms in total. The van der Waals surface area contributed by atoms with Crippen LogP contribution < -0.4 is 0 Å².